The molecule has 84 valence electrons. The molecule has 1 aromatic carbocycles. The summed E-state index contributed by atoms with van der Waals surface area (Å²) in [6, 6.07) is 6.22. The molecule has 0 aliphatic heterocycles. The second-order valence-corrected chi connectivity index (χ2v) is 5.26. The van der Waals surface area contributed by atoms with Crippen molar-refractivity contribution in [2.24, 2.45) is 5.73 Å². The first kappa shape index (κ1) is 10.3. The van der Waals surface area contributed by atoms with E-state index >= 15 is 0 Å². The number of fused-ring (bicyclic) bond motifs is 1. The summed E-state index contributed by atoms with van der Waals surface area (Å²) in [7, 11) is 0. The lowest BCUT2D eigenvalue weighted by molar-refractivity contribution is 0.470. The summed E-state index contributed by atoms with van der Waals surface area (Å²) in [6.45, 7) is 0. The van der Waals surface area contributed by atoms with E-state index in [1.807, 2.05) is 18.2 Å². The molecule has 2 atom stereocenters. The van der Waals surface area contributed by atoms with E-state index in [0.29, 0.717) is 12.0 Å². The number of nitrogens with two attached hydrogens (primary N) is 1. The Kier molecular flexibility index (Phi) is 2.48. The van der Waals surface area contributed by atoms with Gasteiger partial charge in [0.1, 0.15) is 5.52 Å². The topological polar surface area (TPSA) is 52.0 Å². The standard InChI is InChI=1S/C12H13BrN2O/c13-9-2-1-3-10-11(9)16-12(15-10)7-4-5-8(14)6-7/h1-3,7-8H,4-6,14H2. The van der Waals surface area contributed by atoms with Gasteiger partial charge < -0.3 is 10.2 Å². The maximum atomic E-state index is 5.91. The third kappa shape index (κ3) is 1.66. The van der Waals surface area contributed by atoms with Gasteiger partial charge in [0, 0.05) is 12.0 Å². The molecular weight excluding hydrogens is 268 g/mol. The average Bonchev–Trinajstić information content (AvgIpc) is 2.84. The fraction of sp³-hybridized carbons (Fsp3) is 0.417. The molecule has 1 aliphatic carbocycles. The molecule has 2 N–H and O–H groups in total. The number of halogens is 1. The fourth-order valence-corrected chi connectivity index (χ4v) is 2.78. The SMILES string of the molecule is NC1CCC(c2nc3cccc(Br)c3o2)C1. The van der Waals surface area contributed by atoms with Crippen LogP contribution in [0.4, 0.5) is 0 Å². The molecule has 1 heterocycles. The first-order valence-electron chi connectivity index (χ1n) is 5.54. The van der Waals surface area contributed by atoms with Gasteiger partial charge >= 0.3 is 0 Å². The maximum Gasteiger partial charge on any atom is 0.198 e. The number of rotatable bonds is 1. The van der Waals surface area contributed by atoms with Crippen molar-refractivity contribution in [1.82, 2.24) is 4.98 Å². The van der Waals surface area contributed by atoms with Crippen molar-refractivity contribution >= 4 is 27.0 Å². The highest BCUT2D eigenvalue weighted by Crippen LogP contribution is 2.35. The second kappa shape index (κ2) is 3.86. The number of para-hydroxylation sites is 1. The number of benzene rings is 1. The van der Waals surface area contributed by atoms with Crippen LogP contribution in [0.5, 0.6) is 0 Å². The monoisotopic (exact) mass is 280 g/mol. The van der Waals surface area contributed by atoms with E-state index in [-0.39, 0.29) is 0 Å². The van der Waals surface area contributed by atoms with Gasteiger partial charge in [-0.05, 0) is 47.3 Å². The smallest absolute Gasteiger partial charge is 0.198 e. The third-order valence-corrected chi connectivity index (χ3v) is 3.83. The summed E-state index contributed by atoms with van der Waals surface area (Å²) in [5.74, 6) is 1.24. The summed E-state index contributed by atoms with van der Waals surface area (Å²) in [5, 5.41) is 0. The zero-order valence-electron chi connectivity index (χ0n) is 8.82. The molecule has 0 spiro atoms. The van der Waals surface area contributed by atoms with Crippen molar-refractivity contribution < 1.29 is 4.42 Å². The Morgan fingerprint density at radius 3 is 2.94 bits per heavy atom. The first-order chi connectivity index (χ1) is 7.74. The number of oxazole rings is 1. The highest BCUT2D eigenvalue weighted by atomic mass is 79.9. The quantitative estimate of drug-likeness (QED) is 0.873. The lowest BCUT2D eigenvalue weighted by Crippen LogP contribution is -2.14. The minimum absolute atomic E-state index is 0.309. The van der Waals surface area contributed by atoms with Crippen LogP contribution in [-0.2, 0) is 0 Å². The van der Waals surface area contributed by atoms with Gasteiger partial charge in [0.25, 0.3) is 0 Å². The van der Waals surface area contributed by atoms with Gasteiger partial charge in [0.15, 0.2) is 11.5 Å². The van der Waals surface area contributed by atoms with Crippen LogP contribution < -0.4 is 5.73 Å². The number of hydrogen-bond acceptors (Lipinski definition) is 3. The first-order valence-corrected chi connectivity index (χ1v) is 6.34. The third-order valence-electron chi connectivity index (χ3n) is 3.21. The van der Waals surface area contributed by atoms with Crippen molar-refractivity contribution in [2.45, 2.75) is 31.2 Å². The van der Waals surface area contributed by atoms with Crippen LogP contribution in [0.25, 0.3) is 11.1 Å². The van der Waals surface area contributed by atoms with Gasteiger partial charge in [-0.3, -0.25) is 0 Å². The number of aromatic nitrogens is 1. The van der Waals surface area contributed by atoms with Crippen LogP contribution in [0.1, 0.15) is 31.1 Å². The molecule has 16 heavy (non-hydrogen) atoms. The number of nitrogens with zero attached hydrogens (tertiary/aromatic N) is 1. The van der Waals surface area contributed by atoms with Gasteiger partial charge in [0.2, 0.25) is 0 Å². The lowest BCUT2D eigenvalue weighted by Gasteiger charge is -2.02. The molecule has 1 aliphatic rings. The second-order valence-electron chi connectivity index (χ2n) is 4.41. The van der Waals surface area contributed by atoms with Crippen LogP contribution in [0.3, 0.4) is 0 Å². The highest BCUT2D eigenvalue weighted by Gasteiger charge is 2.27. The van der Waals surface area contributed by atoms with Crippen molar-refractivity contribution in [3.8, 4) is 0 Å². The van der Waals surface area contributed by atoms with Crippen molar-refractivity contribution in [3.05, 3.63) is 28.6 Å². The van der Waals surface area contributed by atoms with E-state index < -0.39 is 0 Å². The van der Waals surface area contributed by atoms with E-state index in [1.165, 1.54) is 0 Å². The summed E-state index contributed by atoms with van der Waals surface area (Å²) in [5.41, 5.74) is 7.67. The van der Waals surface area contributed by atoms with E-state index in [4.69, 9.17) is 10.2 Å². The molecule has 0 bridgehead atoms. The largest absolute Gasteiger partial charge is 0.439 e. The van der Waals surface area contributed by atoms with E-state index in [2.05, 4.69) is 20.9 Å². The Hall–Kier alpha value is -0.870. The molecule has 0 amide bonds. The molecule has 0 saturated heterocycles. The molecule has 1 fully saturated rings. The van der Waals surface area contributed by atoms with Gasteiger partial charge in [-0.1, -0.05) is 6.07 Å². The average molecular weight is 281 g/mol. The molecule has 4 heteroatoms. The Morgan fingerprint density at radius 1 is 1.38 bits per heavy atom. The molecule has 1 saturated carbocycles. The summed E-state index contributed by atoms with van der Waals surface area (Å²) >= 11 is 3.47. The van der Waals surface area contributed by atoms with Gasteiger partial charge in [-0.2, -0.15) is 0 Å². The molecule has 2 aromatic rings. The lowest BCUT2D eigenvalue weighted by atomic mass is 10.1. The molecule has 2 unspecified atom stereocenters. The summed E-state index contributed by atoms with van der Waals surface area (Å²) < 4.78 is 6.78. The molecule has 3 rings (SSSR count). The predicted molar refractivity (Wildman–Crippen MR) is 66.3 cm³/mol. The minimum Gasteiger partial charge on any atom is -0.439 e. The maximum absolute atomic E-state index is 5.91. The van der Waals surface area contributed by atoms with Gasteiger partial charge in [0.05, 0.1) is 4.47 Å². The normalized spacial score (nSPS) is 25.4. The van der Waals surface area contributed by atoms with Gasteiger partial charge in [-0.15, -0.1) is 0 Å². The van der Waals surface area contributed by atoms with Crippen molar-refractivity contribution in [1.29, 1.82) is 0 Å². The van der Waals surface area contributed by atoms with Crippen molar-refractivity contribution in [3.63, 3.8) is 0 Å². The zero-order chi connectivity index (χ0) is 11.1. The molecule has 1 aromatic heterocycles. The molecule has 3 nitrogen and oxygen atoms in total. The van der Waals surface area contributed by atoms with Crippen LogP contribution in [0.15, 0.2) is 27.1 Å². The van der Waals surface area contributed by atoms with Crippen LogP contribution >= 0.6 is 15.9 Å². The summed E-state index contributed by atoms with van der Waals surface area (Å²) in [4.78, 5) is 4.54. The predicted octanol–water partition coefficient (Wildman–Crippen LogP) is 3.19. The highest BCUT2D eigenvalue weighted by molar-refractivity contribution is 9.10. The Morgan fingerprint density at radius 2 is 2.25 bits per heavy atom. The van der Waals surface area contributed by atoms with Gasteiger partial charge in [-0.25, -0.2) is 4.98 Å². The van der Waals surface area contributed by atoms with Crippen LogP contribution in [-0.4, -0.2) is 11.0 Å². The van der Waals surface area contributed by atoms with E-state index in [1.54, 1.807) is 0 Å². The van der Waals surface area contributed by atoms with Crippen LogP contribution in [0.2, 0.25) is 0 Å². The molecular formula is C12H13BrN2O. The zero-order valence-corrected chi connectivity index (χ0v) is 10.4. The van der Waals surface area contributed by atoms with E-state index in [0.717, 1.165) is 40.7 Å². The molecule has 0 radical (unpaired) electrons. The van der Waals surface area contributed by atoms with Crippen LogP contribution in [0, 0.1) is 0 Å². The van der Waals surface area contributed by atoms with Crippen molar-refractivity contribution in [2.75, 3.05) is 0 Å². The minimum atomic E-state index is 0.309. The van der Waals surface area contributed by atoms with E-state index in [9.17, 15) is 0 Å². The fourth-order valence-electron chi connectivity index (χ4n) is 2.35. The Bertz CT molecular complexity index is 523. The number of hydrogen-bond donors (Lipinski definition) is 1. The Balaban J connectivity index is 2.02. The Labute approximate surface area is 102 Å². The summed E-state index contributed by atoms with van der Waals surface area (Å²) in [6.07, 6.45) is 3.15.